The van der Waals surface area contributed by atoms with Crippen LogP contribution in [0.4, 0.5) is 11.4 Å². The molecule has 2 rings (SSSR count). The molecule has 0 saturated carbocycles. The minimum absolute atomic E-state index is 0.0913. The predicted octanol–water partition coefficient (Wildman–Crippen LogP) is 3.57. The summed E-state index contributed by atoms with van der Waals surface area (Å²) in [5.41, 5.74) is 0.942. The summed E-state index contributed by atoms with van der Waals surface area (Å²) in [4.78, 5) is 22.9. The second-order valence-corrected chi connectivity index (χ2v) is 5.39. The van der Waals surface area contributed by atoms with E-state index in [-0.39, 0.29) is 11.4 Å². The van der Waals surface area contributed by atoms with Crippen LogP contribution in [0.1, 0.15) is 19.4 Å². The van der Waals surface area contributed by atoms with Gasteiger partial charge in [-0.25, -0.2) is 0 Å². The van der Waals surface area contributed by atoms with Gasteiger partial charge >= 0.3 is 0 Å². The molecule has 1 unspecified atom stereocenters. The molecule has 1 N–H and O–H groups in total. The zero-order valence-electron chi connectivity index (χ0n) is 14.3. The van der Waals surface area contributed by atoms with E-state index < -0.39 is 16.9 Å². The molecule has 1 atom stereocenters. The summed E-state index contributed by atoms with van der Waals surface area (Å²) in [6.45, 7) is 3.61. The molecule has 1 amide bonds. The standard InChI is InChI=1S/C18H20N2O5/c1-4-13-6-5-7-15(10-13)25-12(2)18(21)19-16-9-8-14(24-3)11-17(16)20(22)23/h5-12H,4H2,1-3H3,(H,19,21). The second kappa shape index (κ2) is 8.14. The van der Waals surface area contributed by atoms with Gasteiger partial charge in [-0.1, -0.05) is 19.1 Å². The highest BCUT2D eigenvalue weighted by Gasteiger charge is 2.21. The fourth-order valence-corrected chi connectivity index (χ4v) is 2.23. The lowest BCUT2D eigenvalue weighted by molar-refractivity contribution is -0.384. The molecule has 132 valence electrons. The van der Waals surface area contributed by atoms with E-state index in [1.54, 1.807) is 19.1 Å². The van der Waals surface area contributed by atoms with Gasteiger partial charge in [0.25, 0.3) is 11.6 Å². The third kappa shape index (κ3) is 4.69. The van der Waals surface area contributed by atoms with Gasteiger partial charge in [-0.15, -0.1) is 0 Å². The van der Waals surface area contributed by atoms with Crippen molar-refractivity contribution in [2.75, 3.05) is 12.4 Å². The van der Waals surface area contributed by atoms with Gasteiger partial charge in [-0.2, -0.15) is 0 Å². The molecule has 0 saturated heterocycles. The Labute approximate surface area is 145 Å². The van der Waals surface area contributed by atoms with Gasteiger partial charge in [0.05, 0.1) is 18.1 Å². The van der Waals surface area contributed by atoms with Gasteiger partial charge in [-0.3, -0.25) is 14.9 Å². The van der Waals surface area contributed by atoms with E-state index in [0.717, 1.165) is 12.0 Å². The SMILES string of the molecule is CCc1cccc(OC(C)C(=O)Nc2ccc(OC)cc2[N+](=O)[O-])c1. The number of carbonyl (C=O) groups is 1. The molecule has 2 aromatic rings. The first-order valence-corrected chi connectivity index (χ1v) is 7.83. The largest absolute Gasteiger partial charge is 0.496 e. The van der Waals surface area contributed by atoms with Crippen LogP contribution in [0.5, 0.6) is 11.5 Å². The van der Waals surface area contributed by atoms with Crippen molar-refractivity contribution in [3.63, 3.8) is 0 Å². The summed E-state index contributed by atoms with van der Waals surface area (Å²) in [5, 5.41) is 13.7. The van der Waals surface area contributed by atoms with Gasteiger partial charge < -0.3 is 14.8 Å². The van der Waals surface area contributed by atoms with E-state index in [1.165, 1.54) is 19.2 Å². The Kier molecular flexibility index (Phi) is 5.94. The van der Waals surface area contributed by atoms with Crippen molar-refractivity contribution in [2.45, 2.75) is 26.4 Å². The molecule has 0 spiro atoms. The number of methoxy groups -OCH3 is 1. The lowest BCUT2D eigenvalue weighted by atomic mass is 10.2. The molecule has 0 heterocycles. The molecule has 7 heteroatoms. The van der Waals surface area contributed by atoms with Crippen LogP contribution in [0.25, 0.3) is 0 Å². The van der Waals surface area contributed by atoms with E-state index in [1.807, 2.05) is 25.1 Å². The monoisotopic (exact) mass is 344 g/mol. The molecule has 0 fully saturated rings. The first-order chi connectivity index (χ1) is 11.9. The summed E-state index contributed by atoms with van der Waals surface area (Å²) < 4.78 is 10.6. The van der Waals surface area contributed by atoms with Crippen molar-refractivity contribution in [2.24, 2.45) is 0 Å². The van der Waals surface area contributed by atoms with Crippen LogP contribution in [-0.2, 0) is 11.2 Å². The molecule has 0 aliphatic carbocycles. The van der Waals surface area contributed by atoms with E-state index in [4.69, 9.17) is 9.47 Å². The Morgan fingerprint density at radius 1 is 1.24 bits per heavy atom. The minimum Gasteiger partial charge on any atom is -0.496 e. The van der Waals surface area contributed by atoms with Crippen LogP contribution in [0.15, 0.2) is 42.5 Å². The number of benzene rings is 2. The number of ether oxygens (including phenoxy) is 2. The summed E-state index contributed by atoms with van der Waals surface area (Å²) >= 11 is 0. The first kappa shape index (κ1) is 18.3. The number of carbonyl (C=O) groups excluding carboxylic acids is 1. The van der Waals surface area contributed by atoms with Crippen LogP contribution in [0.2, 0.25) is 0 Å². The normalized spacial score (nSPS) is 11.5. The molecule has 2 aromatic carbocycles. The van der Waals surface area contributed by atoms with Crippen molar-refractivity contribution < 1.29 is 19.2 Å². The average Bonchev–Trinajstić information content (AvgIpc) is 2.61. The Morgan fingerprint density at radius 2 is 2.00 bits per heavy atom. The topological polar surface area (TPSA) is 90.7 Å². The molecule has 7 nitrogen and oxygen atoms in total. The van der Waals surface area contributed by atoms with Gasteiger partial charge in [0, 0.05) is 0 Å². The van der Waals surface area contributed by atoms with Crippen molar-refractivity contribution in [3.8, 4) is 11.5 Å². The molecule has 0 aliphatic rings. The Hall–Kier alpha value is -3.09. The van der Waals surface area contributed by atoms with E-state index in [2.05, 4.69) is 5.32 Å². The van der Waals surface area contributed by atoms with E-state index in [0.29, 0.717) is 11.5 Å². The number of amides is 1. The smallest absolute Gasteiger partial charge is 0.296 e. The second-order valence-electron chi connectivity index (χ2n) is 5.39. The lowest BCUT2D eigenvalue weighted by Gasteiger charge is -2.15. The van der Waals surface area contributed by atoms with Gasteiger partial charge in [0.1, 0.15) is 17.2 Å². The molecular formula is C18H20N2O5. The summed E-state index contributed by atoms with van der Waals surface area (Å²) in [6.07, 6.45) is 0.0457. The van der Waals surface area contributed by atoms with E-state index in [9.17, 15) is 14.9 Å². The molecule has 0 aromatic heterocycles. The van der Waals surface area contributed by atoms with Crippen molar-refractivity contribution in [1.29, 1.82) is 0 Å². The van der Waals surface area contributed by atoms with Gasteiger partial charge in [0.2, 0.25) is 0 Å². The number of nitro benzene ring substituents is 1. The average molecular weight is 344 g/mol. The Morgan fingerprint density at radius 3 is 2.64 bits per heavy atom. The van der Waals surface area contributed by atoms with Crippen molar-refractivity contribution in [1.82, 2.24) is 0 Å². The Balaban J connectivity index is 2.11. The Bertz CT molecular complexity index is 776. The maximum atomic E-state index is 12.3. The number of rotatable bonds is 7. The van der Waals surface area contributed by atoms with Crippen molar-refractivity contribution in [3.05, 3.63) is 58.1 Å². The quantitative estimate of drug-likeness (QED) is 0.612. The first-order valence-electron chi connectivity index (χ1n) is 7.83. The lowest BCUT2D eigenvalue weighted by Crippen LogP contribution is -2.30. The highest BCUT2D eigenvalue weighted by molar-refractivity contribution is 5.96. The molecule has 0 radical (unpaired) electrons. The number of anilines is 1. The predicted molar refractivity (Wildman–Crippen MR) is 94.2 cm³/mol. The maximum Gasteiger partial charge on any atom is 0.296 e. The molecule has 25 heavy (non-hydrogen) atoms. The summed E-state index contributed by atoms with van der Waals surface area (Å²) in [6, 6.07) is 11.7. The van der Waals surface area contributed by atoms with Crippen molar-refractivity contribution >= 4 is 17.3 Å². The molecular weight excluding hydrogens is 324 g/mol. The number of nitrogens with zero attached hydrogens (tertiary/aromatic N) is 1. The number of hydrogen-bond acceptors (Lipinski definition) is 5. The zero-order valence-corrected chi connectivity index (χ0v) is 14.3. The summed E-state index contributed by atoms with van der Waals surface area (Å²) in [7, 11) is 1.41. The van der Waals surface area contributed by atoms with Crippen LogP contribution in [-0.4, -0.2) is 24.0 Å². The zero-order chi connectivity index (χ0) is 18.4. The van der Waals surface area contributed by atoms with Crippen LogP contribution >= 0.6 is 0 Å². The number of aryl methyl sites for hydroxylation is 1. The number of hydrogen-bond donors (Lipinski definition) is 1. The highest BCUT2D eigenvalue weighted by atomic mass is 16.6. The highest BCUT2D eigenvalue weighted by Crippen LogP contribution is 2.29. The molecule has 0 aliphatic heterocycles. The fraction of sp³-hybridized carbons (Fsp3) is 0.278. The number of nitro groups is 1. The third-order valence-corrected chi connectivity index (χ3v) is 3.65. The van der Waals surface area contributed by atoms with Gasteiger partial charge in [0.15, 0.2) is 6.10 Å². The van der Waals surface area contributed by atoms with Crippen LogP contribution in [0, 0.1) is 10.1 Å². The maximum absolute atomic E-state index is 12.3. The fourth-order valence-electron chi connectivity index (χ4n) is 2.23. The third-order valence-electron chi connectivity index (χ3n) is 3.65. The van der Waals surface area contributed by atoms with Crippen LogP contribution in [0.3, 0.4) is 0 Å². The number of nitrogens with one attached hydrogen (secondary N) is 1. The summed E-state index contributed by atoms with van der Waals surface area (Å²) in [5.74, 6) is 0.437. The minimum atomic E-state index is -0.811. The molecule has 0 bridgehead atoms. The van der Waals surface area contributed by atoms with E-state index >= 15 is 0 Å². The van der Waals surface area contributed by atoms with Gasteiger partial charge in [-0.05, 0) is 43.2 Å². The van der Waals surface area contributed by atoms with Crippen LogP contribution < -0.4 is 14.8 Å².